The van der Waals surface area contributed by atoms with Gasteiger partial charge in [-0.25, -0.2) is 0 Å². The van der Waals surface area contributed by atoms with Crippen LogP contribution >= 0.6 is 0 Å². The maximum Gasteiger partial charge on any atom is 0.146 e. The van der Waals surface area contributed by atoms with E-state index in [2.05, 4.69) is 300 Å². The van der Waals surface area contributed by atoms with Crippen molar-refractivity contribution in [3.05, 3.63) is 22.3 Å². The van der Waals surface area contributed by atoms with Gasteiger partial charge in [0.1, 0.15) is 48.4 Å². The Balaban J connectivity index is 10.3. The van der Waals surface area contributed by atoms with Crippen LogP contribution in [0.3, 0.4) is 0 Å². The average molecular weight is 1100 g/mol. The van der Waals surface area contributed by atoms with Gasteiger partial charge in [-0.15, -0.1) is 33.3 Å². The van der Waals surface area contributed by atoms with Crippen LogP contribution in [-0.4, -0.2) is 48.4 Å². The number of hydrogen-bond acceptors (Lipinski definition) is 0. The van der Waals surface area contributed by atoms with Gasteiger partial charge in [0.15, 0.2) is 0 Å². The molecule has 0 bridgehead atoms. The van der Waals surface area contributed by atoms with Gasteiger partial charge in [0.2, 0.25) is 0 Å². The second-order valence-electron chi connectivity index (χ2n) is 25.8. The smallest absolute Gasteiger partial charge is 0.125 e. The average Bonchev–Trinajstić information content (AvgIpc) is 3.30. The van der Waals surface area contributed by atoms with Crippen LogP contribution in [0.15, 0.2) is 22.3 Å². The fourth-order valence-electron chi connectivity index (χ4n) is 13.6. The fourth-order valence-corrected chi connectivity index (χ4v) is 39.3. The van der Waals surface area contributed by atoms with Crippen LogP contribution < -0.4 is 0 Å². The molecule has 0 amide bonds. The van der Waals surface area contributed by atoms with Gasteiger partial charge in [0.05, 0.1) is 22.3 Å². The molecular formula is C68H114Si6. The van der Waals surface area contributed by atoms with Crippen LogP contribution in [0, 0.1) is 92.5 Å². The highest BCUT2D eigenvalue weighted by molar-refractivity contribution is 6.92. The standard InChI is InChI=1S/C68H114Si6/c1-31-69(32-2,33-3)47-41-65(67(43-49-71(53(7)8,54(9)10)55(11)12)44-50-72(56(13)14,57(15)16)58(17)18)39-37-38-40-66(42-48-70(34-4,35-5)36-6)68(45-51-73(59(19)20,60(21)22)61(23)24)46-52-74(62(25)26,63(27)28)64(29)30/h53-64H,31-36H2,1-30H3. The molecule has 0 aromatic carbocycles. The van der Waals surface area contributed by atoms with Crippen LogP contribution in [0.2, 0.25) is 103 Å². The van der Waals surface area contributed by atoms with Gasteiger partial charge < -0.3 is 0 Å². The zero-order chi connectivity index (χ0) is 57.8. The van der Waals surface area contributed by atoms with Crippen LogP contribution in [-0.2, 0) is 0 Å². The van der Waals surface area contributed by atoms with Crippen molar-refractivity contribution < 1.29 is 0 Å². The Bertz CT molecular complexity index is 2030. The fraction of sp³-hybridized carbons (Fsp3) is 0.706. The molecule has 0 saturated heterocycles. The van der Waals surface area contributed by atoms with Gasteiger partial charge in [0.25, 0.3) is 0 Å². The quantitative estimate of drug-likeness (QED) is 0.0948. The Kier molecular flexibility index (Phi) is 30.4. The minimum atomic E-state index is -2.15. The minimum Gasteiger partial charge on any atom is -0.125 e. The van der Waals surface area contributed by atoms with E-state index < -0.39 is 48.4 Å². The topological polar surface area (TPSA) is 0 Å². The molecule has 0 aliphatic carbocycles. The lowest BCUT2D eigenvalue weighted by atomic mass is 10.1. The van der Waals surface area contributed by atoms with E-state index in [0.717, 1.165) is 58.6 Å². The van der Waals surface area contributed by atoms with E-state index in [-0.39, 0.29) is 0 Å². The molecule has 0 saturated carbocycles. The summed E-state index contributed by atoms with van der Waals surface area (Å²) in [4.78, 5) is 0. The molecule has 0 aliphatic rings. The zero-order valence-corrected chi connectivity index (χ0v) is 60.2. The van der Waals surface area contributed by atoms with Crippen LogP contribution in [0.5, 0.6) is 0 Å². The number of allylic oxidation sites excluding steroid dienone is 4. The van der Waals surface area contributed by atoms with Crippen molar-refractivity contribution in [2.75, 3.05) is 0 Å². The number of hydrogen-bond donors (Lipinski definition) is 0. The molecule has 0 aromatic heterocycles. The Hall–Kier alpha value is -2.74. The molecule has 0 unspecified atom stereocenters. The molecular weight excluding hydrogens is 985 g/mol. The summed E-state index contributed by atoms with van der Waals surface area (Å²) in [6, 6.07) is 6.63. The first kappa shape index (κ1) is 71.3. The number of rotatable bonds is 18. The third-order valence-corrected chi connectivity index (χ3v) is 53.6. The molecule has 0 N–H and O–H groups in total. The molecule has 0 fully saturated rings. The van der Waals surface area contributed by atoms with Gasteiger partial charge in [-0.3, -0.25) is 0 Å². The van der Waals surface area contributed by atoms with Crippen molar-refractivity contribution >= 4 is 48.4 Å². The van der Waals surface area contributed by atoms with Gasteiger partial charge in [-0.05, 0) is 126 Å². The van der Waals surface area contributed by atoms with Crippen molar-refractivity contribution in [2.45, 2.75) is 310 Å². The van der Waals surface area contributed by atoms with Gasteiger partial charge in [0, 0.05) is 0 Å². The lowest BCUT2D eigenvalue weighted by Crippen LogP contribution is -2.43. The van der Waals surface area contributed by atoms with Crippen LogP contribution in [0.4, 0.5) is 0 Å². The SMILES string of the molecule is CC[Si](C#CC(C#CC#CC(C#C[Si](CC)(CC)CC)=C(C#C[Si](C(C)C)(C(C)C)C(C)C)C#C[Si](C(C)C)(C(C)C)C(C)C)=C(C#C[Si](C(C)C)(C(C)C)C(C)C)C#C[Si](C(C)C)(C(C)C)C(C)C)(CC)CC. The Labute approximate surface area is 470 Å². The summed E-state index contributed by atoms with van der Waals surface area (Å²) in [5.41, 5.74) is 33.1. The zero-order valence-electron chi connectivity index (χ0n) is 54.2. The van der Waals surface area contributed by atoms with E-state index in [1.165, 1.54) is 0 Å². The van der Waals surface area contributed by atoms with Crippen LogP contribution in [0.1, 0.15) is 208 Å². The molecule has 0 nitrogen and oxygen atoms in total. The highest BCUT2D eigenvalue weighted by Crippen LogP contribution is 2.44. The maximum absolute atomic E-state index is 4.08. The van der Waals surface area contributed by atoms with Crippen molar-refractivity contribution in [1.82, 2.24) is 0 Å². The summed E-state index contributed by atoms with van der Waals surface area (Å²) in [6.07, 6.45) is 0. The van der Waals surface area contributed by atoms with Crippen molar-refractivity contribution in [2.24, 2.45) is 0 Å². The van der Waals surface area contributed by atoms with Crippen molar-refractivity contribution in [3.8, 4) is 92.5 Å². The third-order valence-electron chi connectivity index (χ3n) is 19.0. The summed E-state index contributed by atoms with van der Waals surface area (Å²) in [7, 11) is -12.4. The highest BCUT2D eigenvalue weighted by Gasteiger charge is 2.45. The summed E-state index contributed by atoms with van der Waals surface area (Å²) < 4.78 is 0. The minimum absolute atomic E-state index is 0.483. The van der Waals surface area contributed by atoms with E-state index in [4.69, 9.17) is 0 Å². The molecule has 410 valence electrons. The molecule has 74 heavy (non-hydrogen) atoms. The molecule has 6 heteroatoms. The van der Waals surface area contributed by atoms with Crippen LogP contribution in [0.25, 0.3) is 0 Å². The molecule has 0 aromatic rings. The summed E-state index contributed by atoms with van der Waals surface area (Å²) in [6.45, 7) is 71.4. The molecule has 0 spiro atoms. The van der Waals surface area contributed by atoms with Crippen molar-refractivity contribution in [1.29, 1.82) is 0 Å². The van der Waals surface area contributed by atoms with E-state index in [1.54, 1.807) is 0 Å². The lowest BCUT2D eigenvalue weighted by Gasteiger charge is -2.38. The molecule has 0 rings (SSSR count). The predicted molar refractivity (Wildman–Crippen MR) is 355 cm³/mol. The first-order valence-corrected chi connectivity index (χ1v) is 44.1. The Morgan fingerprint density at radius 2 is 0.351 bits per heavy atom. The molecule has 0 aliphatic heterocycles. The highest BCUT2D eigenvalue weighted by atomic mass is 28.3. The van der Waals surface area contributed by atoms with E-state index in [1.807, 2.05) is 0 Å². The third kappa shape index (κ3) is 16.9. The van der Waals surface area contributed by atoms with E-state index in [9.17, 15) is 0 Å². The molecule has 0 heterocycles. The van der Waals surface area contributed by atoms with Gasteiger partial charge in [-0.1, -0.05) is 243 Å². The predicted octanol–water partition coefficient (Wildman–Crippen LogP) is 20.6. The normalized spacial score (nSPS) is 12.3. The molecule has 0 radical (unpaired) electrons. The van der Waals surface area contributed by atoms with E-state index in [0.29, 0.717) is 66.5 Å². The summed E-state index contributed by atoms with van der Waals surface area (Å²) in [5.74, 6) is 37.2. The second-order valence-corrected chi connectivity index (χ2v) is 58.0. The van der Waals surface area contributed by atoms with E-state index >= 15 is 0 Å². The summed E-state index contributed by atoms with van der Waals surface area (Å²) >= 11 is 0. The van der Waals surface area contributed by atoms with Crippen molar-refractivity contribution in [3.63, 3.8) is 0 Å². The Morgan fingerprint density at radius 1 is 0.216 bits per heavy atom. The van der Waals surface area contributed by atoms with Gasteiger partial charge in [-0.2, -0.15) is 0 Å². The molecule has 0 atom stereocenters. The monoisotopic (exact) mass is 1100 g/mol. The largest absolute Gasteiger partial charge is 0.146 e. The maximum atomic E-state index is 4.08. The lowest BCUT2D eigenvalue weighted by molar-refractivity contribution is 0.838. The Morgan fingerprint density at radius 3 is 0.486 bits per heavy atom. The first-order chi connectivity index (χ1) is 34.2. The second kappa shape index (κ2) is 31.6. The van der Waals surface area contributed by atoms with Gasteiger partial charge >= 0.3 is 0 Å². The first-order valence-electron chi connectivity index (χ1n) is 29.9. The summed E-state index contributed by atoms with van der Waals surface area (Å²) in [5, 5.41) is 0.